The molecule has 0 saturated heterocycles. The summed E-state index contributed by atoms with van der Waals surface area (Å²) in [4.78, 5) is 20.9. The summed E-state index contributed by atoms with van der Waals surface area (Å²) in [7, 11) is 0. The van der Waals surface area contributed by atoms with E-state index in [0.29, 0.717) is 36.5 Å². The zero-order valence-corrected chi connectivity index (χ0v) is 22.0. The molecule has 8 rings (SSSR count). The lowest BCUT2D eigenvalue weighted by molar-refractivity contribution is -0.204. The number of carbonyl (C=O) groups is 2. The quantitative estimate of drug-likeness (QED) is 0.251. The van der Waals surface area contributed by atoms with Crippen LogP contribution in [0.1, 0.15) is 77.0 Å². The first kappa shape index (κ1) is 27.5. The van der Waals surface area contributed by atoms with E-state index in [-0.39, 0.29) is 12.1 Å². The molecule has 0 amide bonds. The van der Waals surface area contributed by atoms with E-state index in [1.807, 2.05) is 0 Å². The summed E-state index contributed by atoms with van der Waals surface area (Å²) in [6.07, 6.45) is 10.2. The number of ether oxygens (including phenoxy) is 3. The molecule has 0 spiro atoms. The summed E-state index contributed by atoms with van der Waals surface area (Å²) < 4.78 is 14.0. The van der Waals surface area contributed by atoms with Crippen LogP contribution in [0.2, 0.25) is 0 Å². The van der Waals surface area contributed by atoms with Crippen molar-refractivity contribution in [3.63, 3.8) is 0 Å². The summed E-state index contributed by atoms with van der Waals surface area (Å²) >= 11 is 14.8. The van der Waals surface area contributed by atoms with E-state index < -0.39 is 34.0 Å². The Morgan fingerprint density at radius 1 is 0.686 bits per heavy atom. The van der Waals surface area contributed by atoms with Gasteiger partial charge in [0.15, 0.2) is 12.1 Å². The molecule has 3 N–H and O–H groups in total. The molecule has 0 aromatic heterocycles. The summed E-state index contributed by atoms with van der Waals surface area (Å²) in [5.41, 5.74) is -2.96. The molecule has 0 aromatic rings. The van der Waals surface area contributed by atoms with Crippen molar-refractivity contribution < 1.29 is 39.1 Å². The Hall–Kier alpha value is -0.510. The highest BCUT2D eigenvalue weighted by Gasteiger charge is 2.59. The van der Waals surface area contributed by atoms with Crippen molar-refractivity contribution in [3.05, 3.63) is 0 Å². The average molecular weight is 558 g/mol. The average Bonchev–Trinajstić information content (AvgIpc) is 2.63. The van der Waals surface area contributed by atoms with E-state index in [0.717, 1.165) is 57.8 Å². The smallest absolute Gasteiger partial charge is 0.437 e. The highest BCUT2D eigenvalue weighted by Crippen LogP contribution is 2.59. The standard InChI is InChI=1S/C12H17ClO4.C10H16O2.C2H2Cl2O2/c13-7-16-10(14)17-12-4-8-1-9(5-12)3-11(15,2-8)6-12;11-9-2-7-1-8(4-9)5-10(12,3-7)6-9;3-1-6-2(4)5/h8-9,15H,1-7H2;7-8,11-12H,1-6H2;1H2. The van der Waals surface area contributed by atoms with Gasteiger partial charge in [0, 0.05) is 24.4 Å². The second-order valence-electron chi connectivity index (χ2n) is 11.9. The minimum Gasteiger partial charge on any atom is -0.437 e. The zero-order chi connectivity index (χ0) is 25.5. The zero-order valence-electron chi connectivity index (χ0n) is 19.7. The van der Waals surface area contributed by atoms with Gasteiger partial charge in [-0.2, -0.15) is 0 Å². The summed E-state index contributed by atoms with van der Waals surface area (Å²) in [6.45, 7) is 0. The molecule has 0 heterocycles. The number of rotatable bonds is 3. The molecular weight excluding hydrogens is 523 g/mol. The van der Waals surface area contributed by atoms with E-state index in [1.54, 1.807) is 0 Å². The van der Waals surface area contributed by atoms with Crippen LogP contribution < -0.4 is 0 Å². The maximum Gasteiger partial charge on any atom is 0.510 e. The monoisotopic (exact) mass is 556 g/mol. The van der Waals surface area contributed by atoms with Crippen molar-refractivity contribution in [3.8, 4) is 0 Å². The topological polar surface area (TPSA) is 123 Å². The van der Waals surface area contributed by atoms with Crippen molar-refractivity contribution in [2.45, 2.75) is 99.5 Å². The third-order valence-corrected chi connectivity index (χ3v) is 8.94. The van der Waals surface area contributed by atoms with Gasteiger partial charge in [-0.15, -0.1) is 0 Å². The molecule has 8 bridgehead atoms. The lowest BCUT2D eigenvalue weighted by atomic mass is 9.52. The molecule has 0 radical (unpaired) electrons. The number of aliphatic hydroxyl groups is 3. The van der Waals surface area contributed by atoms with Crippen LogP contribution in [0.5, 0.6) is 0 Å². The van der Waals surface area contributed by atoms with Gasteiger partial charge in [0.05, 0.1) is 16.8 Å². The van der Waals surface area contributed by atoms with E-state index in [4.69, 9.17) is 27.9 Å². The van der Waals surface area contributed by atoms with E-state index in [2.05, 4.69) is 21.1 Å². The van der Waals surface area contributed by atoms with Crippen molar-refractivity contribution in [1.82, 2.24) is 0 Å². The van der Waals surface area contributed by atoms with Crippen LogP contribution in [-0.2, 0) is 14.2 Å². The van der Waals surface area contributed by atoms with Gasteiger partial charge in [0.2, 0.25) is 0 Å². The molecule has 8 aliphatic carbocycles. The predicted octanol–water partition coefficient (Wildman–Crippen LogP) is 5.04. The van der Waals surface area contributed by atoms with E-state index in [1.165, 1.54) is 6.42 Å². The fraction of sp³-hybridized carbons (Fsp3) is 0.917. The predicted molar refractivity (Wildman–Crippen MR) is 128 cm³/mol. The van der Waals surface area contributed by atoms with Crippen LogP contribution in [0.25, 0.3) is 0 Å². The highest BCUT2D eigenvalue weighted by atomic mass is 35.5. The minimum atomic E-state index is -0.870. The normalized spacial score (nSPS) is 45.5. The number of hydrogen-bond donors (Lipinski definition) is 3. The molecule has 2 unspecified atom stereocenters. The van der Waals surface area contributed by atoms with Gasteiger partial charge in [0.25, 0.3) is 0 Å². The van der Waals surface area contributed by atoms with Crippen molar-refractivity contribution in [2.24, 2.45) is 23.7 Å². The molecule has 2 atom stereocenters. The molecule has 11 heteroatoms. The Bertz CT molecular complexity index is 760. The number of hydrogen-bond acceptors (Lipinski definition) is 8. The van der Waals surface area contributed by atoms with Crippen LogP contribution in [0.15, 0.2) is 0 Å². The first-order valence-electron chi connectivity index (χ1n) is 12.3. The molecule has 8 nitrogen and oxygen atoms in total. The maximum absolute atomic E-state index is 11.4. The third-order valence-electron chi connectivity index (χ3n) is 8.62. The minimum absolute atomic E-state index is 0.178. The Morgan fingerprint density at radius 2 is 1.09 bits per heavy atom. The van der Waals surface area contributed by atoms with Crippen LogP contribution >= 0.6 is 34.8 Å². The molecule has 8 aliphatic rings. The van der Waals surface area contributed by atoms with Gasteiger partial charge in [-0.25, -0.2) is 9.59 Å². The van der Waals surface area contributed by atoms with Gasteiger partial charge in [-0.05, 0) is 87.9 Å². The second kappa shape index (κ2) is 10.3. The fourth-order valence-corrected chi connectivity index (χ4v) is 9.01. The summed E-state index contributed by atoms with van der Waals surface area (Å²) in [5, 5.41) is 30.7. The Morgan fingerprint density at radius 3 is 1.40 bits per heavy atom. The second-order valence-corrected chi connectivity index (χ2v) is 12.6. The van der Waals surface area contributed by atoms with E-state index >= 15 is 0 Å². The number of alkyl halides is 2. The summed E-state index contributed by atoms with van der Waals surface area (Å²) in [5.74, 6) is 2.21. The lowest BCUT2D eigenvalue weighted by Crippen LogP contribution is -2.60. The lowest BCUT2D eigenvalue weighted by Gasteiger charge is -2.58. The van der Waals surface area contributed by atoms with Crippen LogP contribution in [0.3, 0.4) is 0 Å². The Labute approximate surface area is 220 Å². The van der Waals surface area contributed by atoms with Gasteiger partial charge >= 0.3 is 11.6 Å². The largest absolute Gasteiger partial charge is 0.510 e. The van der Waals surface area contributed by atoms with Crippen LogP contribution in [-0.4, -0.2) is 61.4 Å². The van der Waals surface area contributed by atoms with Crippen molar-refractivity contribution in [2.75, 3.05) is 12.1 Å². The first-order chi connectivity index (χ1) is 16.4. The van der Waals surface area contributed by atoms with Crippen LogP contribution in [0.4, 0.5) is 9.59 Å². The van der Waals surface area contributed by atoms with Gasteiger partial charge in [-0.3, -0.25) is 0 Å². The molecule has 35 heavy (non-hydrogen) atoms. The molecular formula is C24H35Cl3O8. The van der Waals surface area contributed by atoms with E-state index in [9.17, 15) is 24.9 Å². The van der Waals surface area contributed by atoms with Crippen molar-refractivity contribution in [1.29, 1.82) is 0 Å². The maximum atomic E-state index is 11.4. The van der Waals surface area contributed by atoms with Gasteiger partial charge in [0.1, 0.15) is 5.60 Å². The third kappa shape index (κ3) is 6.68. The van der Waals surface area contributed by atoms with Gasteiger partial charge < -0.3 is 29.5 Å². The number of carbonyl (C=O) groups excluding carboxylic acids is 2. The Balaban J connectivity index is 0.000000140. The SMILES string of the molecule is O=C(Cl)OCCl.O=C(OCCl)OC12CC3CC(CC(O)(C3)C1)C2.OC12CC3CC(C1)CC(O)(C3)C2. The molecule has 200 valence electrons. The molecule has 8 fully saturated rings. The van der Waals surface area contributed by atoms with Crippen LogP contribution in [0, 0.1) is 23.7 Å². The summed E-state index contributed by atoms with van der Waals surface area (Å²) in [6, 6.07) is -0.367. The Kier molecular flexibility index (Phi) is 8.13. The molecule has 0 aliphatic heterocycles. The first-order valence-corrected chi connectivity index (χ1v) is 13.8. The van der Waals surface area contributed by atoms with Crippen molar-refractivity contribution >= 4 is 46.4 Å². The highest BCUT2D eigenvalue weighted by molar-refractivity contribution is 6.61. The fourth-order valence-electron chi connectivity index (χ4n) is 8.71. The molecule has 0 aromatic carbocycles. The molecule has 8 saturated carbocycles. The van der Waals surface area contributed by atoms with Gasteiger partial charge in [-0.1, -0.05) is 23.2 Å². The number of halogens is 3.